The van der Waals surface area contributed by atoms with Gasteiger partial charge in [0.1, 0.15) is 5.75 Å². The Morgan fingerprint density at radius 2 is 1.85 bits per heavy atom. The number of amides is 1. The van der Waals surface area contributed by atoms with Crippen LogP contribution < -0.4 is 19.5 Å². The summed E-state index contributed by atoms with van der Waals surface area (Å²) < 4.78 is 41.4. The van der Waals surface area contributed by atoms with Gasteiger partial charge in [-0.1, -0.05) is 0 Å². The highest BCUT2D eigenvalue weighted by Gasteiger charge is 2.43. The summed E-state index contributed by atoms with van der Waals surface area (Å²) in [6.07, 6.45) is -2.07. The second kappa shape index (κ2) is 6.27. The van der Waals surface area contributed by atoms with E-state index in [0.717, 1.165) is 5.69 Å². The summed E-state index contributed by atoms with van der Waals surface area (Å²) in [6, 6.07) is 12.7. The molecule has 0 spiro atoms. The van der Waals surface area contributed by atoms with Gasteiger partial charge < -0.3 is 19.5 Å². The Balaban J connectivity index is 1.49. The first-order valence-corrected chi connectivity index (χ1v) is 7.85. The topological polar surface area (TPSA) is 74.6 Å². The third-order valence-electron chi connectivity index (χ3n) is 3.82. The van der Waals surface area contributed by atoms with Crippen LogP contribution in [0, 0.1) is 0 Å². The number of alkyl halides is 2. The van der Waals surface area contributed by atoms with E-state index in [1.54, 1.807) is 43.6 Å². The second-order valence-corrected chi connectivity index (χ2v) is 5.63. The average molecular weight is 373 g/mol. The summed E-state index contributed by atoms with van der Waals surface area (Å²) in [7, 11) is 1.57. The number of carbonyl (C=O) groups is 1. The Kier molecular flexibility index (Phi) is 3.91. The average Bonchev–Trinajstić information content (AvgIpc) is 3.24. The smallest absolute Gasteiger partial charge is 0.497 e. The van der Waals surface area contributed by atoms with Crippen LogP contribution in [0.4, 0.5) is 14.5 Å². The molecule has 1 amide bonds. The molecule has 27 heavy (non-hydrogen) atoms. The fourth-order valence-electron chi connectivity index (χ4n) is 2.55. The van der Waals surface area contributed by atoms with Crippen LogP contribution in [0.1, 0.15) is 10.5 Å². The minimum atomic E-state index is -3.71. The van der Waals surface area contributed by atoms with Gasteiger partial charge in [-0.05, 0) is 42.5 Å². The van der Waals surface area contributed by atoms with E-state index in [1.807, 2.05) is 0 Å². The highest BCUT2D eigenvalue weighted by molar-refractivity contribution is 6.03. The molecule has 4 rings (SSSR count). The molecule has 0 saturated heterocycles. The van der Waals surface area contributed by atoms with Crippen molar-refractivity contribution < 1.29 is 27.8 Å². The number of hydrogen-bond donors (Lipinski definition) is 1. The molecule has 0 saturated carbocycles. The van der Waals surface area contributed by atoms with Gasteiger partial charge in [-0.25, -0.2) is 4.68 Å². The van der Waals surface area contributed by atoms with Crippen molar-refractivity contribution in [3.63, 3.8) is 0 Å². The first-order chi connectivity index (χ1) is 12.9. The molecular weight excluding hydrogens is 360 g/mol. The van der Waals surface area contributed by atoms with Crippen LogP contribution in [0.25, 0.3) is 5.69 Å². The molecule has 0 fully saturated rings. The van der Waals surface area contributed by atoms with Crippen molar-refractivity contribution >= 4 is 11.6 Å². The van der Waals surface area contributed by atoms with E-state index in [0.29, 0.717) is 5.75 Å². The number of nitrogens with zero attached hydrogens (tertiary/aromatic N) is 2. The molecule has 3 aromatic rings. The summed E-state index contributed by atoms with van der Waals surface area (Å²) >= 11 is 0. The van der Waals surface area contributed by atoms with Gasteiger partial charge in [0, 0.05) is 18.0 Å². The molecule has 1 aromatic heterocycles. The molecule has 2 heterocycles. The highest BCUT2D eigenvalue weighted by atomic mass is 19.3. The SMILES string of the molecule is COc1ccc(-n2ccc(C(=O)Nc3ccc4c(c3)OC(F)(F)O4)n2)cc1. The summed E-state index contributed by atoms with van der Waals surface area (Å²) in [5.41, 5.74) is 1.19. The molecule has 0 aliphatic carbocycles. The number of nitrogens with one attached hydrogen (secondary N) is 1. The van der Waals surface area contributed by atoms with Gasteiger partial charge in [0.2, 0.25) is 0 Å². The third-order valence-corrected chi connectivity index (χ3v) is 3.82. The lowest BCUT2D eigenvalue weighted by atomic mass is 10.2. The van der Waals surface area contributed by atoms with E-state index >= 15 is 0 Å². The zero-order valence-corrected chi connectivity index (χ0v) is 14.0. The van der Waals surface area contributed by atoms with Gasteiger partial charge in [-0.2, -0.15) is 5.10 Å². The van der Waals surface area contributed by atoms with E-state index in [4.69, 9.17) is 4.74 Å². The van der Waals surface area contributed by atoms with Crippen LogP contribution in [0.2, 0.25) is 0 Å². The quantitative estimate of drug-likeness (QED) is 0.758. The first-order valence-electron chi connectivity index (χ1n) is 7.85. The Morgan fingerprint density at radius 1 is 1.11 bits per heavy atom. The third kappa shape index (κ3) is 3.39. The number of anilines is 1. The minimum Gasteiger partial charge on any atom is -0.497 e. The predicted molar refractivity (Wildman–Crippen MR) is 90.7 cm³/mol. The molecule has 0 radical (unpaired) electrons. The molecule has 7 nitrogen and oxygen atoms in total. The van der Waals surface area contributed by atoms with E-state index in [1.165, 1.54) is 22.9 Å². The van der Waals surface area contributed by atoms with Crippen molar-refractivity contribution in [2.24, 2.45) is 0 Å². The van der Waals surface area contributed by atoms with Crippen LogP contribution in [0.3, 0.4) is 0 Å². The van der Waals surface area contributed by atoms with Crippen molar-refractivity contribution in [3.8, 4) is 22.9 Å². The Bertz CT molecular complexity index is 1000. The van der Waals surface area contributed by atoms with Gasteiger partial charge in [-0.15, -0.1) is 8.78 Å². The van der Waals surface area contributed by atoms with Crippen LogP contribution in [0.15, 0.2) is 54.7 Å². The Hall–Kier alpha value is -3.62. The van der Waals surface area contributed by atoms with Gasteiger partial charge in [0.25, 0.3) is 5.91 Å². The normalized spacial score (nSPS) is 14.0. The van der Waals surface area contributed by atoms with Gasteiger partial charge in [0.05, 0.1) is 12.8 Å². The van der Waals surface area contributed by atoms with E-state index in [-0.39, 0.29) is 22.9 Å². The molecule has 1 aliphatic heterocycles. The maximum Gasteiger partial charge on any atom is 0.586 e. The molecule has 2 aromatic carbocycles. The monoisotopic (exact) mass is 373 g/mol. The number of rotatable bonds is 4. The number of ether oxygens (including phenoxy) is 3. The summed E-state index contributed by atoms with van der Waals surface area (Å²) in [5.74, 6) is -0.0338. The number of benzene rings is 2. The number of fused-ring (bicyclic) bond motifs is 1. The largest absolute Gasteiger partial charge is 0.586 e. The van der Waals surface area contributed by atoms with Crippen molar-refractivity contribution in [1.29, 1.82) is 0 Å². The molecule has 0 unspecified atom stereocenters. The molecule has 1 aliphatic rings. The van der Waals surface area contributed by atoms with E-state index in [9.17, 15) is 13.6 Å². The fraction of sp³-hybridized carbons (Fsp3) is 0.111. The zero-order valence-electron chi connectivity index (χ0n) is 14.0. The summed E-state index contributed by atoms with van der Waals surface area (Å²) in [5, 5.41) is 6.80. The molecule has 0 atom stereocenters. The van der Waals surface area contributed by atoms with Crippen LogP contribution in [0.5, 0.6) is 17.2 Å². The maximum absolute atomic E-state index is 13.1. The van der Waals surface area contributed by atoms with Gasteiger partial charge >= 0.3 is 6.29 Å². The van der Waals surface area contributed by atoms with Crippen molar-refractivity contribution in [3.05, 3.63) is 60.4 Å². The van der Waals surface area contributed by atoms with Crippen LogP contribution in [-0.2, 0) is 0 Å². The van der Waals surface area contributed by atoms with Crippen LogP contribution >= 0.6 is 0 Å². The van der Waals surface area contributed by atoms with Crippen molar-refractivity contribution in [2.45, 2.75) is 6.29 Å². The number of hydrogen-bond acceptors (Lipinski definition) is 5. The van der Waals surface area contributed by atoms with Crippen molar-refractivity contribution in [2.75, 3.05) is 12.4 Å². The predicted octanol–water partition coefficient (Wildman–Crippen LogP) is 3.45. The minimum absolute atomic E-state index is 0.0956. The maximum atomic E-state index is 13.1. The number of halogens is 2. The molecule has 0 bridgehead atoms. The van der Waals surface area contributed by atoms with Crippen molar-refractivity contribution in [1.82, 2.24) is 9.78 Å². The van der Waals surface area contributed by atoms with Crippen LogP contribution in [-0.4, -0.2) is 29.1 Å². The summed E-state index contributed by atoms with van der Waals surface area (Å²) in [6.45, 7) is 0. The Morgan fingerprint density at radius 3 is 2.59 bits per heavy atom. The lowest BCUT2D eigenvalue weighted by Gasteiger charge is -2.05. The number of methoxy groups -OCH3 is 1. The lowest BCUT2D eigenvalue weighted by molar-refractivity contribution is -0.286. The van der Waals surface area contributed by atoms with E-state index < -0.39 is 12.2 Å². The lowest BCUT2D eigenvalue weighted by Crippen LogP contribution is -2.25. The molecule has 1 N–H and O–H groups in total. The molecule has 9 heteroatoms. The summed E-state index contributed by atoms with van der Waals surface area (Å²) in [4.78, 5) is 12.4. The number of carbonyl (C=O) groups excluding carboxylic acids is 1. The van der Waals surface area contributed by atoms with Gasteiger partial charge in [0.15, 0.2) is 17.2 Å². The zero-order chi connectivity index (χ0) is 19.0. The van der Waals surface area contributed by atoms with Gasteiger partial charge in [-0.3, -0.25) is 4.79 Å². The highest BCUT2D eigenvalue weighted by Crippen LogP contribution is 2.42. The molecular formula is C18H13F2N3O4. The first kappa shape index (κ1) is 16.8. The fourth-order valence-corrected chi connectivity index (χ4v) is 2.55. The van der Waals surface area contributed by atoms with E-state index in [2.05, 4.69) is 19.9 Å². The Labute approximate surface area is 152 Å². The standard InChI is InChI=1S/C18H13F2N3O4/c1-25-13-5-3-12(4-6-13)23-9-8-14(22-23)17(24)21-11-2-7-15-16(10-11)27-18(19,20)26-15/h2-10H,1H3,(H,21,24). The molecule has 138 valence electrons. The number of aromatic nitrogens is 2. The second-order valence-electron chi connectivity index (χ2n) is 5.63.